The molecular weight excluding hydrogens is 426 g/mol. The topological polar surface area (TPSA) is 69.0 Å². The van der Waals surface area contributed by atoms with Gasteiger partial charge in [0.15, 0.2) is 11.5 Å². The first-order valence-electron chi connectivity index (χ1n) is 10.0. The van der Waals surface area contributed by atoms with Gasteiger partial charge in [0, 0.05) is 6.07 Å². The zero-order chi connectivity index (χ0) is 22.8. The second kappa shape index (κ2) is 8.96. The Balaban J connectivity index is 1.77. The minimum atomic E-state index is -0.369. The van der Waals surface area contributed by atoms with Crippen LogP contribution < -0.4 is 14.4 Å². The number of aryl methyl sites for hydroxylation is 2. The first kappa shape index (κ1) is 21.8. The van der Waals surface area contributed by atoms with Gasteiger partial charge in [0.25, 0.3) is 11.8 Å². The molecule has 0 spiro atoms. The maximum Gasteiger partial charge on any atom is 0.272 e. The number of methoxy groups -OCH3 is 2. The van der Waals surface area contributed by atoms with Crippen LogP contribution >= 0.6 is 11.8 Å². The van der Waals surface area contributed by atoms with E-state index >= 15 is 0 Å². The molecule has 0 unspecified atom stereocenters. The second-order valence-corrected chi connectivity index (χ2v) is 8.34. The molecule has 1 aliphatic rings. The maximum absolute atomic E-state index is 13.6. The minimum absolute atomic E-state index is 0.368. The zero-order valence-corrected chi connectivity index (χ0v) is 19.1. The molecule has 0 atom stereocenters. The van der Waals surface area contributed by atoms with Crippen LogP contribution in [0.15, 0.2) is 64.1 Å². The molecule has 2 heterocycles. The predicted octanol–water partition coefficient (Wildman–Crippen LogP) is 5.13. The van der Waals surface area contributed by atoms with Crippen LogP contribution in [0.25, 0.3) is 5.57 Å². The van der Waals surface area contributed by atoms with E-state index in [0.717, 1.165) is 22.5 Å². The van der Waals surface area contributed by atoms with E-state index in [-0.39, 0.29) is 11.8 Å². The summed E-state index contributed by atoms with van der Waals surface area (Å²) in [6, 6.07) is 14.4. The quantitative estimate of drug-likeness (QED) is 0.466. The number of carbonyl (C=O) groups is 2. The summed E-state index contributed by atoms with van der Waals surface area (Å²) in [6.07, 6.45) is 1.59. The van der Waals surface area contributed by atoms with Gasteiger partial charge in [-0.2, -0.15) is 0 Å². The molecule has 32 heavy (non-hydrogen) atoms. The molecule has 3 aromatic rings. The van der Waals surface area contributed by atoms with Crippen molar-refractivity contribution in [1.29, 1.82) is 0 Å². The fraction of sp³-hybridized carbons (Fsp3) is 0.200. The molecule has 1 aliphatic heterocycles. The number of anilines is 1. The summed E-state index contributed by atoms with van der Waals surface area (Å²) in [6.45, 7) is 4.00. The number of amides is 2. The Morgan fingerprint density at radius 3 is 2.34 bits per heavy atom. The van der Waals surface area contributed by atoms with Crippen molar-refractivity contribution in [2.75, 3.05) is 19.1 Å². The van der Waals surface area contributed by atoms with Gasteiger partial charge < -0.3 is 13.9 Å². The van der Waals surface area contributed by atoms with E-state index in [4.69, 9.17) is 13.9 Å². The standard InChI is InChI=1S/C25H23NO5S/c1-15-7-8-17(12-16(15)2)22-23(32-14-19-6-5-11-31-19)25(28)26(24(22)27)18-9-10-20(29-3)21(13-18)30-4/h5-13H,14H2,1-4H3. The van der Waals surface area contributed by atoms with E-state index in [1.807, 2.05) is 38.1 Å². The third-order valence-electron chi connectivity index (χ3n) is 5.40. The largest absolute Gasteiger partial charge is 0.493 e. The van der Waals surface area contributed by atoms with Crippen LogP contribution in [0.1, 0.15) is 22.5 Å². The molecule has 0 saturated carbocycles. The van der Waals surface area contributed by atoms with E-state index in [2.05, 4.69) is 0 Å². The smallest absolute Gasteiger partial charge is 0.272 e. The number of thioether (sulfide) groups is 1. The first-order valence-corrected chi connectivity index (χ1v) is 11.0. The van der Waals surface area contributed by atoms with E-state index in [1.165, 1.54) is 30.9 Å². The van der Waals surface area contributed by atoms with E-state index in [0.29, 0.717) is 33.4 Å². The summed E-state index contributed by atoms with van der Waals surface area (Å²) in [5.74, 6) is 1.39. The Morgan fingerprint density at radius 2 is 1.69 bits per heavy atom. The number of ether oxygens (including phenoxy) is 2. The van der Waals surface area contributed by atoms with Gasteiger partial charge in [-0.3, -0.25) is 9.59 Å². The van der Waals surface area contributed by atoms with Crippen molar-refractivity contribution in [3.05, 3.63) is 82.1 Å². The molecular formula is C25H23NO5S. The molecule has 0 saturated heterocycles. The van der Waals surface area contributed by atoms with Gasteiger partial charge >= 0.3 is 0 Å². The van der Waals surface area contributed by atoms with Crippen molar-refractivity contribution < 1.29 is 23.5 Å². The Labute approximate surface area is 190 Å². The molecule has 164 valence electrons. The molecule has 0 radical (unpaired) electrons. The van der Waals surface area contributed by atoms with Gasteiger partial charge in [0.05, 0.1) is 42.4 Å². The monoisotopic (exact) mass is 449 g/mol. The Hall–Kier alpha value is -3.45. The number of hydrogen-bond donors (Lipinski definition) is 0. The summed E-state index contributed by atoms with van der Waals surface area (Å²) >= 11 is 1.30. The van der Waals surface area contributed by atoms with Crippen molar-refractivity contribution in [3.63, 3.8) is 0 Å². The van der Waals surface area contributed by atoms with Gasteiger partial charge in [-0.05, 0) is 54.8 Å². The Bertz CT molecular complexity index is 1210. The molecule has 1 aromatic heterocycles. The molecule has 0 bridgehead atoms. The highest BCUT2D eigenvalue weighted by molar-refractivity contribution is 8.03. The predicted molar refractivity (Wildman–Crippen MR) is 125 cm³/mol. The van der Waals surface area contributed by atoms with Crippen LogP contribution in [0, 0.1) is 13.8 Å². The minimum Gasteiger partial charge on any atom is -0.493 e. The normalized spacial score (nSPS) is 13.8. The van der Waals surface area contributed by atoms with Gasteiger partial charge in [-0.25, -0.2) is 4.90 Å². The Morgan fingerprint density at radius 1 is 0.906 bits per heavy atom. The van der Waals surface area contributed by atoms with Crippen LogP contribution in [0.5, 0.6) is 11.5 Å². The molecule has 7 heteroatoms. The van der Waals surface area contributed by atoms with Crippen LogP contribution in [-0.2, 0) is 15.3 Å². The molecule has 0 N–H and O–H groups in total. The number of nitrogens with zero attached hydrogens (tertiary/aromatic N) is 1. The third kappa shape index (κ3) is 3.91. The lowest BCUT2D eigenvalue weighted by Crippen LogP contribution is -2.31. The molecule has 6 nitrogen and oxygen atoms in total. The number of hydrogen-bond acceptors (Lipinski definition) is 6. The first-order chi connectivity index (χ1) is 15.4. The van der Waals surface area contributed by atoms with Crippen molar-refractivity contribution >= 4 is 34.8 Å². The molecule has 0 fully saturated rings. The highest BCUT2D eigenvalue weighted by Crippen LogP contribution is 2.41. The van der Waals surface area contributed by atoms with Crippen molar-refractivity contribution in [2.24, 2.45) is 0 Å². The van der Waals surface area contributed by atoms with Crippen LogP contribution in [-0.4, -0.2) is 26.0 Å². The van der Waals surface area contributed by atoms with Crippen LogP contribution in [0.3, 0.4) is 0 Å². The van der Waals surface area contributed by atoms with E-state index in [9.17, 15) is 9.59 Å². The highest BCUT2D eigenvalue weighted by Gasteiger charge is 2.40. The summed E-state index contributed by atoms with van der Waals surface area (Å²) in [5.41, 5.74) is 3.70. The summed E-state index contributed by atoms with van der Waals surface area (Å²) in [4.78, 5) is 28.7. The maximum atomic E-state index is 13.6. The summed E-state index contributed by atoms with van der Waals surface area (Å²) in [7, 11) is 3.05. The van der Waals surface area contributed by atoms with E-state index in [1.54, 1.807) is 30.5 Å². The number of carbonyl (C=O) groups excluding carboxylic acids is 2. The number of benzene rings is 2. The molecule has 4 rings (SSSR count). The van der Waals surface area contributed by atoms with Gasteiger partial charge in [-0.1, -0.05) is 18.2 Å². The highest BCUT2D eigenvalue weighted by atomic mass is 32.2. The van der Waals surface area contributed by atoms with Gasteiger partial charge in [-0.15, -0.1) is 11.8 Å². The molecule has 2 aromatic carbocycles. The van der Waals surface area contributed by atoms with Gasteiger partial charge in [0.2, 0.25) is 0 Å². The molecule has 2 amide bonds. The summed E-state index contributed by atoms with van der Waals surface area (Å²) in [5, 5.41) is 0. The zero-order valence-electron chi connectivity index (χ0n) is 18.3. The van der Waals surface area contributed by atoms with Crippen LogP contribution in [0.4, 0.5) is 5.69 Å². The number of imide groups is 1. The lowest BCUT2D eigenvalue weighted by molar-refractivity contribution is -0.119. The number of rotatable bonds is 7. The molecule has 0 aliphatic carbocycles. The second-order valence-electron chi connectivity index (χ2n) is 7.36. The lowest BCUT2D eigenvalue weighted by atomic mass is 10.0. The third-order valence-corrected chi connectivity index (χ3v) is 6.50. The Kier molecular flexibility index (Phi) is 6.10. The average Bonchev–Trinajstić information content (AvgIpc) is 3.39. The fourth-order valence-electron chi connectivity index (χ4n) is 3.53. The lowest BCUT2D eigenvalue weighted by Gasteiger charge is -2.17. The average molecular weight is 450 g/mol. The SMILES string of the molecule is COc1ccc(N2C(=O)C(SCc3ccco3)=C(c3ccc(C)c(C)c3)C2=O)cc1OC. The number of furan rings is 1. The van der Waals surface area contributed by atoms with Crippen LogP contribution in [0.2, 0.25) is 0 Å². The van der Waals surface area contributed by atoms with Crippen molar-refractivity contribution in [3.8, 4) is 11.5 Å². The fourth-order valence-corrected chi connectivity index (χ4v) is 4.55. The summed E-state index contributed by atoms with van der Waals surface area (Å²) < 4.78 is 16.1. The van der Waals surface area contributed by atoms with Crippen molar-refractivity contribution in [2.45, 2.75) is 19.6 Å². The van der Waals surface area contributed by atoms with E-state index < -0.39 is 0 Å². The van der Waals surface area contributed by atoms with Crippen molar-refractivity contribution in [1.82, 2.24) is 0 Å². The van der Waals surface area contributed by atoms with Gasteiger partial charge in [0.1, 0.15) is 5.76 Å².